The molecule has 0 heterocycles. The van der Waals surface area contributed by atoms with Crippen LogP contribution in [0.5, 0.6) is 0 Å². The zero-order valence-electron chi connectivity index (χ0n) is 12.6. The molecule has 2 rings (SSSR count). The molecule has 0 aromatic carbocycles. The van der Waals surface area contributed by atoms with E-state index in [9.17, 15) is 9.59 Å². The third-order valence-corrected chi connectivity index (χ3v) is 4.59. The van der Waals surface area contributed by atoms with Crippen LogP contribution >= 0.6 is 0 Å². The number of hydrogen-bond acceptors (Lipinski definition) is 4. The molecule has 0 atom stereocenters. The third kappa shape index (κ3) is 4.50. The lowest BCUT2D eigenvalue weighted by molar-refractivity contribution is -0.161. The van der Waals surface area contributed by atoms with Gasteiger partial charge in [-0.15, -0.1) is 0 Å². The summed E-state index contributed by atoms with van der Waals surface area (Å²) in [6.07, 6.45) is 7.49. The monoisotopic (exact) mass is 282 g/mol. The van der Waals surface area contributed by atoms with Gasteiger partial charge >= 0.3 is 11.9 Å². The number of ether oxygens (including phenoxy) is 2. The minimum absolute atomic E-state index is 0.00663. The first-order chi connectivity index (χ1) is 9.54. The van der Waals surface area contributed by atoms with Crippen LogP contribution in [-0.2, 0) is 19.1 Å². The minimum Gasteiger partial charge on any atom is -0.463 e. The molecule has 0 aromatic rings. The third-order valence-electron chi connectivity index (χ3n) is 4.59. The van der Waals surface area contributed by atoms with E-state index in [1.54, 1.807) is 0 Å². The van der Waals surface area contributed by atoms with Crippen LogP contribution in [0.2, 0.25) is 0 Å². The first-order valence-corrected chi connectivity index (χ1v) is 7.92. The summed E-state index contributed by atoms with van der Waals surface area (Å²) in [6, 6.07) is 0. The lowest BCUT2D eigenvalue weighted by atomic mass is 9.83. The van der Waals surface area contributed by atoms with E-state index in [0.29, 0.717) is 0 Å². The smallest absolute Gasteiger partial charge is 0.309 e. The van der Waals surface area contributed by atoms with Crippen LogP contribution in [0.15, 0.2) is 0 Å². The van der Waals surface area contributed by atoms with E-state index in [2.05, 4.69) is 6.92 Å². The fourth-order valence-corrected chi connectivity index (χ4v) is 3.26. The number of rotatable bonds is 3. The fourth-order valence-electron chi connectivity index (χ4n) is 3.26. The van der Waals surface area contributed by atoms with E-state index in [1.165, 1.54) is 6.92 Å². The summed E-state index contributed by atoms with van der Waals surface area (Å²) < 4.78 is 10.8. The second kappa shape index (κ2) is 7.09. The molecular formula is C16H26O4. The molecule has 2 fully saturated rings. The summed E-state index contributed by atoms with van der Waals surface area (Å²) >= 11 is 0. The Morgan fingerprint density at radius 3 is 1.80 bits per heavy atom. The second-order valence-corrected chi connectivity index (χ2v) is 6.40. The van der Waals surface area contributed by atoms with Crippen molar-refractivity contribution < 1.29 is 19.1 Å². The predicted molar refractivity (Wildman–Crippen MR) is 75.0 cm³/mol. The summed E-state index contributed by atoms with van der Waals surface area (Å²) in [4.78, 5) is 23.0. The van der Waals surface area contributed by atoms with Gasteiger partial charge in [0.25, 0.3) is 0 Å². The van der Waals surface area contributed by atoms with E-state index in [4.69, 9.17) is 9.47 Å². The Kier molecular flexibility index (Phi) is 5.44. The van der Waals surface area contributed by atoms with Gasteiger partial charge in [-0.3, -0.25) is 9.59 Å². The van der Waals surface area contributed by atoms with Crippen molar-refractivity contribution in [1.29, 1.82) is 0 Å². The standard InChI is InChI=1S/C16H26O4/c1-11-3-5-13(6-4-11)16(18)20-15-9-7-14(8-10-15)19-12(2)17/h11,13-15H,3-10H2,1-2H3. The van der Waals surface area contributed by atoms with Crippen molar-refractivity contribution in [3.63, 3.8) is 0 Å². The molecule has 2 saturated carbocycles. The van der Waals surface area contributed by atoms with Crippen molar-refractivity contribution in [2.75, 3.05) is 0 Å². The highest BCUT2D eigenvalue weighted by molar-refractivity contribution is 5.72. The van der Waals surface area contributed by atoms with Crippen LogP contribution in [-0.4, -0.2) is 24.1 Å². The lowest BCUT2D eigenvalue weighted by Crippen LogP contribution is -2.32. The lowest BCUT2D eigenvalue weighted by Gasteiger charge is -2.30. The minimum atomic E-state index is -0.221. The summed E-state index contributed by atoms with van der Waals surface area (Å²) in [5.74, 6) is 0.630. The summed E-state index contributed by atoms with van der Waals surface area (Å²) in [5, 5.41) is 0. The maximum absolute atomic E-state index is 12.1. The molecular weight excluding hydrogens is 256 g/mol. The highest BCUT2D eigenvalue weighted by atomic mass is 16.6. The molecule has 0 aliphatic heterocycles. The Balaban J connectivity index is 1.69. The number of esters is 2. The molecule has 0 spiro atoms. The summed E-state index contributed by atoms with van der Waals surface area (Å²) in [6.45, 7) is 3.69. The normalized spacial score (nSPS) is 34.3. The number of carbonyl (C=O) groups excluding carboxylic acids is 2. The van der Waals surface area contributed by atoms with E-state index >= 15 is 0 Å². The average Bonchev–Trinajstić information content (AvgIpc) is 2.41. The summed E-state index contributed by atoms with van der Waals surface area (Å²) in [7, 11) is 0. The van der Waals surface area contributed by atoms with Crippen molar-refractivity contribution in [1.82, 2.24) is 0 Å². The van der Waals surface area contributed by atoms with Crippen molar-refractivity contribution in [3.8, 4) is 0 Å². The van der Waals surface area contributed by atoms with Gasteiger partial charge in [0.1, 0.15) is 12.2 Å². The molecule has 0 N–H and O–H groups in total. The molecule has 2 aliphatic rings. The van der Waals surface area contributed by atoms with E-state index in [-0.39, 0.29) is 30.1 Å². The van der Waals surface area contributed by atoms with Crippen molar-refractivity contribution in [3.05, 3.63) is 0 Å². The highest BCUT2D eigenvalue weighted by Gasteiger charge is 2.30. The molecule has 20 heavy (non-hydrogen) atoms. The Morgan fingerprint density at radius 1 is 0.800 bits per heavy atom. The summed E-state index contributed by atoms with van der Waals surface area (Å²) in [5.41, 5.74) is 0. The van der Waals surface area contributed by atoms with Crippen LogP contribution in [0.25, 0.3) is 0 Å². The predicted octanol–water partition coefficient (Wildman–Crippen LogP) is 3.23. The maximum atomic E-state index is 12.1. The van der Waals surface area contributed by atoms with Crippen LogP contribution in [0.3, 0.4) is 0 Å². The Labute approximate surface area is 121 Å². The molecule has 0 bridgehead atoms. The van der Waals surface area contributed by atoms with Crippen molar-refractivity contribution in [2.45, 2.75) is 77.4 Å². The molecule has 4 nitrogen and oxygen atoms in total. The molecule has 0 saturated heterocycles. The van der Waals surface area contributed by atoms with Gasteiger partial charge in [0, 0.05) is 6.92 Å². The first kappa shape index (κ1) is 15.3. The molecule has 0 aromatic heterocycles. The molecule has 0 amide bonds. The molecule has 114 valence electrons. The number of hydrogen-bond donors (Lipinski definition) is 0. The highest BCUT2D eigenvalue weighted by Crippen LogP contribution is 2.31. The van der Waals surface area contributed by atoms with Crippen molar-refractivity contribution >= 4 is 11.9 Å². The van der Waals surface area contributed by atoms with Gasteiger partial charge in [-0.25, -0.2) is 0 Å². The second-order valence-electron chi connectivity index (χ2n) is 6.40. The van der Waals surface area contributed by atoms with Gasteiger partial charge in [0.05, 0.1) is 5.92 Å². The zero-order valence-corrected chi connectivity index (χ0v) is 12.6. The zero-order chi connectivity index (χ0) is 14.5. The van der Waals surface area contributed by atoms with E-state index in [0.717, 1.165) is 57.3 Å². The van der Waals surface area contributed by atoms with Crippen LogP contribution in [0.1, 0.15) is 65.2 Å². The fraction of sp³-hybridized carbons (Fsp3) is 0.875. The van der Waals surface area contributed by atoms with E-state index in [1.807, 2.05) is 0 Å². The van der Waals surface area contributed by atoms with Gasteiger partial charge in [-0.05, 0) is 57.3 Å². The number of carbonyl (C=O) groups is 2. The topological polar surface area (TPSA) is 52.6 Å². The molecule has 4 heteroatoms. The van der Waals surface area contributed by atoms with Gasteiger partial charge in [0.15, 0.2) is 0 Å². The Hall–Kier alpha value is -1.06. The average molecular weight is 282 g/mol. The van der Waals surface area contributed by atoms with Crippen molar-refractivity contribution in [2.24, 2.45) is 11.8 Å². The first-order valence-electron chi connectivity index (χ1n) is 7.92. The largest absolute Gasteiger partial charge is 0.463 e. The van der Waals surface area contributed by atoms with Crippen LogP contribution in [0, 0.1) is 11.8 Å². The van der Waals surface area contributed by atoms with Gasteiger partial charge in [-0.2, -0.15) is 0 Å². The SMILES string of the molecule is CC(=O)OC1CCC(OC(=O)C2CCC(C)CC2)CC1. The molecule has 2 aliphatic carbocycles. The quantitative estimate of drug-likeness (QED) is 0.746. The molecule has 0 unspecified atom stereocenters. The van der Waals surface area contributed by atoms with Crippen LogP contribution in [0.4, 0.5) is 0 Å². The van der Waals surface area contributed by atoms with Gasteiger partial charge in [-0.1, -0.05) is 6.92 Å². The van der Waals surface area contributed by atoms with Crippen LogP contribution < -0.4 is 0 Å². The molecule has 0 radical (unpaired) electrons. The van der Waals surface area contributed by atoms with E-state index < -0.39 is 0 Å². The van der Waals surface area contributed by atoms with Gasteiger partial charge in [0.2, 0.25) is 0 Å². The Morgan fingerprint density at radius 2 is 1.30 bits per heavy atom. The Bertz CT molecular complexity index is 336. The van der Waals surface area contributed by atoms with Gasteiger partial charge < -0.3 is 9.47 Å². The maximum Gasteiger partial charge on any atom is 0.309 e.